The van der Waals surface area contributed by atoms with E-state index in [-0.39, 0.29) is 5.78 Å². The fraction of sp³-hybridized carbons (Fsp3) is 0.933. The van der Waals surface area contributed by atoms with Crippen molar-refractivity contribution < 1.29 is 13.6 Å². The summed E-state index contributed by atoms with van der Waals surface area (Å²) in [6.45, 7) is 1.67. The molecule has 2 fully saturated rings. The molecule has 0 aromatic carbocycles. The van der Waals surface area contributed by atoms with Crippen LogP contribution in [0.5, 0.6) is 0 Å². The Morgan fingerprint density at radius 2 is 1.10 bits per heavy atom. The zero-order chi connectivity index (χ0) is 14.4. The van der Waals surface area contributed by atoms with Crippen molar-refractivity contribution in [3.05, 3.63) is 0 Å². The summed E-state index contributed by atoms with van der Waals surface area (Å²) in [4.78, 5) is 16.4. The van der Waals surface area contributed by atoms with Crippen LogP contribution >= 0.6 is 0 Å². The predicted molar refractivity (Wildman–Crippen MR) is 75.4 cm³/mol. The lowest BCUT2D eigenvalue weighted by molar-refractivity contribution is -0.131. The van der Waals surface area contributed by atoms with Crippen LogP contribution in [-0.4, -0.2) is 67.2 Å². The number of carbonyl (C=O) groups excluding carboxylic acids is 1. The van der Waals surface area contributed by atoms with E-state index in [4.69, 9.17) is 0 Å². The molecule has 0 saturated carbocycles. The van der Waals surface area contributed by atoms with Crippen LogP contribution < -0.4 is 0 Å². The zero-order valence-electron chi connectivity index (χ0n) is 12.2. The summed E-state index contributed by atoms with van der Waals surface area (Å²) in [5.41, 5.74) is 0. The smallest absolute Gasteiger partial charge is 0.172 e. The molecule has 0 bridgehead atoms. The molecule has 0 aromatic rings. The summed E-state index contributed by atoms with van der Waals surface area (Å²) >= 11 is 0. The van der Waals surface area contributed by atoms with Crippen molar-refractivity contribution in [1.29, 1.82) is 0 Å². The van der Waals surface area contributed by atoms with Crippen molar-refractivity contribution in [3.63, 3.8) is 0 Å². The normalized spacial score (nSPS) is 25.3. The first-order chi connectivity index (χ1) is 9.77. The highest BCUT2D eigenvalue weighted by Gasteiger charge is 2.35. The number of ketones is 1. The minimum absolute atomic E-state index is 0.251. The van der Waals surface area contributed by atoms with Gasteiger partial charge < -0.3 is 0 Å². The summed E-state index contributed by atoms with van der Waals surface area (Å²) in [6, 6.07) is -1.48. The Morgan fingerprint density at radius 1 is 0.750 bits per heavy atom. The molecule has 2 aliphatic rings. The molecular formula is C15H26F2N2O. The van der Waals surface area contributed by atoms with Gasteiger partial charge in [0.2, 0.25) is 0 Å². The van der Waals surface area contributed by atoms with E-state index < -0.39 is 25.4 Å². The molecule has 116 valence electrons. The van der Waals surface area contributed by atoms with Gasteiger partial charge in [-0.15, -0.1) is 0 Å². The van der Waals surface area contributed by atoms with E-state index in [1.54, 1.807) is 0 Å². The fourth-order valence-corrected chi connectivity index (χ4v) is 3.39. The molecule has 2 rings (SSSR count). The van der Waals surface area contributed by atoms with Gasteiger partial charge >= 0.3 is 0 Å². The van der Waals surface area contributed by atoms with Gasteiger partial charge in [0.25, 0.3) is 0 Å². The van der Waals surface area contributed by atoms with E-state index in [0.29, 0.717) is 0 Å². The maximum absolute atomic E-state index is 13.4. The van der Waals surface area contributed by atoms with Gasteiger partial charge in [-0.2, -0.15) is 0 Å². The van der Waals surface area contributed by atoms with E-state index in [9.17, 15) is 13.6 Å². The molecule has 0 aliphatic carbocycles. The Bertz CT molecular complexity index is 274. The second kappa shape index (κ2) is 8.03. The molecule has 5 heteroatoms. The number of nitrogens with zero attached hydrogens (tertiary/aromatic N) is 2. The summed E-state index contributed by atoms with van der Waals surface area (Å²) in [5.74, 6) is -0.251. The highest BCUT2D eigenvalue weighted by Crippen LogP contribution is 2.19. The van der Waals surface area contributed by atoms with Gasteiger partial charge in [0.15, 0.2) is 5.78 Å². The molecule has 3 nitrogen and oxygen atoms in total. The van der Waals surface area contributed by atoms with Crippen molar-refractivity contribution in [2.75, 3.05) is 39.5 Å². The molecule has 0 radical (unpaired) electrons. The minimum atomic E-state index is -0.738. The average Bonchev–Trinajstić information content (AvgIpc) is 2.51. The van der Waals surface area contributed by atoms with Gasteiger partial charge in [-0.1, -0.05) is 12.8 Å². The number of likely N-dealkylation sites (tertiary alicyclic amines) is 2. The topological polar surface area (TPSA) is 23.6 Å². The molecule has 2 saturated heterocycles. The fourth-order valence-electron chi connectivity index (χ4n) is 3.39. The maximum atomic E-state index is 13.4. The Kier molecular flexibility index (Phi) is 6.36. The van der Waals surface area contributed by atoms with Crippen LogP contribution in [0.4, 0.5) is 8.78 Å². The third kappa shape index (κ3) is 3.76. The lowest BCUT2D eigenvalue weighted by Crippen LogP contribution is -2.55. The van der Waals surface area contributed by atoms with Crippen molar-refractivity contribution in [1.82, 2.24) is 9.80 Å². The lowest BCUT2D eigenvalue weighted by Gasteiger charge is -2.37. The Hall–Kier alpha value is -0.550. The zero-order valence-corrected chi connectivity index (χ0v) is 12.2. The number of rotatable bonds is 6. The molecule has 20 heavy (non-hydrogen) atoms. The predicted octanol–water partition coefficient (Wildman–Crippen LogP) is 2.20. The van der Waals surface area contributed by atoms with E-state index >= 15 is 0 Å². The number of halogens is 2. The summed E-state index contributed by atoms with van der Waals surface area (Å²) < 4.78 is 26.7. The van der Waals surface area contributed by atoms with Gasteiger partial charge in [0, 0.05) is 0 Å². The Morgan fingerprint density at radius 3 is 1.40 bits per heavy atom. The first-order valence-electron chi connectivity index (χ1n) is 7.91. The quantitative estimate of drug-likeness (QED) is 0.748. The highest BCUT2D eigenvalue weighted by atomic mass is 19.1. The summed E-state index contributed by atoms with van der Waals surface area (Å²) in [6.07, 6.45) is 6.31. The third-order valence-electron chi connectivity index (χ3n) is 4.61. The first-order valence-corrected chi connectivity index (χ1v) is 7.91. The molecular weight excluding hydrogens is 262 g/mol. The van der Waals surface area contributed by atoms with Crippen molar-refractivity contribution in [2.24, 2.45) is 0 Å². The number of hydrogen-bond donors (Lipinski definition) is 0. The molecule has 0 aromatic heterocycles. The highest BCUT2D eigenvalue weighted by molar-refractivity contribution is 5.89. The molecule has 0 amide bonds. The Balaban J connectivity index is 2.00. The molecule has 2 atom stereocenters. The average molecular weight is 288 g/mol. The second-order valence-corrected chi connectivity index (χ2v) is 5.94. The maximum Gasteiger partial charge on any atom is 0.172 e. The van der Waals surface area contributed by atoms with Crippen LogP contribution in [0.25, 0.3) is 0 Å². The standard InChI is InChI=1S/C15H26F2N2O/c16-11-13(18-7-3-1-4-8-18)15(20)14(12-17)19-9-5-2-6-10-19/h13-14H,1-12H2. The van der Waals surface area contributed by atoms with Gasteiger partial charge in [0.05, 0.1) is 12.1 Å². The van der Waals surface area contributed by atoms with E-state index in [1.165, 1.54) is 0 Å². The van der Waals surface area contributed by atoms with Crippen LogP contribution in [0.2, 0.25) is 0 Å². The van der Waals surface area contributed by atoms with E-state index in [1.807, 2.05) is 9.80 Å². The van der Waals surface area contributed by atoms with Crippen LogP contribution in [0.3, 0.4) is 0 Å². The molecule has 2 heterocycles. The largest absolute Gasteiger partial charge is 0.296 e. The van der Waals surface area contributed by atoms with Crippen LogP contribution in [-0.2, 0) is 4.79 Å². The second-order valence-electron chi connectivity index (χ2n) is 5.94. The van der Waals surface area contributed by atoms with Gasteiger partial charge in [-0.05, 0) is 51.9 Å². The van der Waals surface area contributed by atoms with E-state index in [0.717, 1.165) is 64.7 Å². The number of Topliss-reactive ketones (excluding diaryl/α,β-unsaturated/α-hetero) is 1. The first kappa shape index (κ1) is 15.8. The van der Waals surface area contributed by atoms with Crippen molar-refractivity contribution >= 4 is 5.78 Å². The number of carbonyl (C=O) groups is 1. The van der Waals surface area contributed by atoms with Crippen LogP contribution in [0.15, 0.2) is 0 Å². The number of alkyl halides is 2. The third-order valence-corrected chi connectivity index (χ3v) is 4.61. The molecule has 0 spiro atoms. The summed E-state index contributed by atoms with van der Waals surface area (Å²) in [5, 5.41) is 0. The van der Waals surface area contributed by atoms with Gasteiger partial charge in [-0.3, -0.25) is 14.6 Å². The number of piperidine rings is 2. The van der Waals surface area contributed by atoms with Crippen molar-refractivity contribution in [2.45, 2.75) is 50.6 Å². The molecule has 0 N–H and O–H groups in total. The van der Waals surface area contributed by atoms with Crippen molar-refractivity contribution in [3.8, 4) is 0 Å². The number of hydrogen-bond acceptors (Lipinski definition) is 3. The van der Waals surface area contributed by atoms with Gasteiger partial charge in [-0.25, -0.2) is 8.78 Å². The van der Waals surface area contributed by atoms with Gasteiger partial charge in [0.1, 0.15) is 13.3 Å². The summed E-state index contributed by atoms with van der Waals surface area (Å²) in [7, 11) is 0. The van der Waals surface area contributed by atoms with Crippen LogP contribution in [0.1, 0.15) is 38.5 Å². The SMILES string of the molecule is O=C(C(CF)N1CCCCC1)C(CF)N1CCCCC1. The molecule has 2 aliphatic heterocycles. The monoisotopic (exact) mass is 288 g/mol. The molecule has 2 unspecified atom stereocenters. The van der Waals surface area contributed by atoms with Crippen LogP contribution in [0, 0.1) is 0 Å². The van der Waals surface area contributed by atoms with E-state index in [2.05, 4.69) is 0 Å². The minimum Gasteiger partial charge on any atom is -0.296 e. The lowest BCUT2D eigenvalue weighted by atomic mass is 9.99. The Labute approximate surface area is 120 Å².